The van der Waals surface area contributed by atoms with Crippen LogP contribution in [0.2, 0.25) is 16.6 Å². The first-order valence-electron chi connectivity index (χ1n) is 15.8. The Morgan fingerprint density at radius 3 is 2.05 bits per heavy atom. The van der Waals surface area contributed by atoms with Crippen LogP contribution in [0.25, 0.3) is 0 Å². The Kier molecular flexibility index (Phi) is 9.48. The summed E-state index contributed by atoms with van der Waals surface area (Å²) in [6.07, 6.45) is 6.76. The second kappa shape index (κ2) is 12.3. The SMILES string of the molecule is CC(C)c1ccccc1[C@@H]1CCCC[C@H]1OC(=O)N1C=C([Si](C(C)C)(C(C)C)C(C)C)C(=O)C[C@H]1[C@@H]1CCC1=O. The Morgan fingerprint density at radius 2 is 1.50 bits per heavy atom. The highest BCUT2D eigenvalue weighted by molar-refractivity contribution is 6.93. The van der Waals surface area contributed by atoms with E-state index in [-0.39, 0.29) is 42.0 Å². The van der Waals surface area contributed by atoms with Crippen LogP contribution in [-0.2, 0) is 14.3 Å². The Bertz CT molecular complexity index is 1110. The van der Waals surface area contributed by atoms with Gasteiger partial charge in [0.1, 0.15) is 20.0 Å². The van der Waals surface area contributed by atoms with E-state index in [0.717, 1.165) is 37.3 Å². The summed E-state index contributed by atoms with van der Waals surface area (Å²) in [5.74, 6) is 0.576. The van der Waals surface area contributed by atoms with E-state index in [9.17, 15) is 14.4 Å². The van der Waals surface area contributed by atoms with Crippen molar-refractivity contribution < 1.29 is 19.1 Å². The van der Waals surface area contributed by atoms with E-state index in [1.807, 2.05) is 6.20 Å². The molecule has 220 valence electrons. The summed E-state index contributed by atoms with van der Waals surface area (Å²) in [5.41, 5.74) is 3.64. The van der Waals surface area contributed by atoms with Gasteiger partial charge >= 0.3 is 6.09 Å². The van der Waals surface area contributed by atoms with E-state index in [4.69, 9.17) is 4.74 Å². The Labute approximate surface area is 243 Å². The minimum atomic E-state index is -2.31. The zero-order valence-corrected chi connectivity index (χ0v) is 27.0. The molecule has 40 heavy (non-hydrogen) atoms. The van der Waals surface area contributed by atoms with Gasteiger partial charge in [-0.05, 0) is 64.5 Å². The highest BCUT2D eigenvalue weighted by Gasteiger charge is 2.53. The molecule has 0 bridgehead atoms. The Hall–Kier alpha value is -2.21. The van der Waals surface area contributed by atoms with E-state index >= 15 is 0 Å². The molecular weight excluding hydrogens is 514 g/mol. The zero-order valence-electron chi connectivity index (χ0n) is 26.0. The lowest BCUT2D eigenvalue weighted by Gasteiger charge is -2.48. The molecule has 0 unspecified atom stereocenters. The quantitative estimate of drug-likeness (QED) is 0.296. The minimum Gasteiger partial charge on any atom is -0.445 e. The maximum Gasteiger partial charge on any atom is 0.414 e. The normalized spacial score (nSPS) is 26.0. The van der Waals surface area contributed by atoms with Gasteiger partial charge in [0.15, 0.2) is 5.78 Å². The lowest BCUT2D eigenvalue weighted by Crippen LogP contribution is -2.57. The van der Waals surface area contributed by atoms with Crippen LogP contribution in [0.1, 0.15) is 123 Å². The minimum absolute atomic E-state index is 0.137. The number of ketones is 2. The largest absolute Gasteiger partial charge is 0.445 e. The number of rotatable bonds is 8. The lowest BCUT2D eigenvalue weighted by molar-refractivity contribution is -0.132. The van der Waals surface area contributed by atoms with Crippen LogP contribution in [0.5, 0.6) is 0 Å². The van der Waals surface area contributed by atoms with Crippen molar-refractivity contribution in [1.82, 2.24) is 4.90 Å². The van der Waals surface area contributed by atoms with Crippen molar-refractivity contribution in [2.24, 2.45) is 5.92 Å². The smallest absolute Gasteiger partial charge is 0.414 e. The fourth-order valence-electron chi connectivity index (χ4n) is 8.51. The van der Waals surface area contributed by atoms with Crippen molar-refractivity contribution in [3.05, 3.63) is 46.8 Å². The Balaban J connectivity index is 1.72. The number of nitrogens with zero attached hydrogens (tertiary/aromatic N) is 1. The number of benzene rings is 1. The van der Waals surface area contributed by atoms with Crippen LogP contribution in [-0.4, -0.2) is 42.8 Å². The van der Waals surface area contributed by atoms with Gasteiger partial charge in [0.2, 0.25) is 0 Å². The second-order valence-corrected chi connectivity index (χ2v) is 19.6. The summed E-state index contributed by atoms with van der Waals surface area (Å²) < 4.78 is 6.43. The number of amides is 1. The van der Waals surface area contributed by atoms with Gasteiger partial charge in [-0.1, -0.05) is 86.1 Å². The maximum atomic E-state index is 14.2. The van der Waals surface area contributed by atoms with E-state index in [1.165, 1.54) is 11.1 Å². The zero-order chi connectivity index (χ0) is 29.4. The molecule has 2 fully saturated rings. The molecule has 0 N–H and O–H groups in total. The van der Waals surface area contributed by atoms with Gasteiger partial charge in [0.05, 0.1) is 6.04 Å². The Morgan fingerprint density at radius 1 is 0.875 bits per heavy atom. The number of hydrogen-bond donors (Lipinski definition) is 0. The van der Waals surface area contributed by atoms with Gasteiger partial charge in [-0.15, -0.1) is 0 Å². The molecular formula is C34H51NO4Si. The summed E-state index contributed by atoms with van der Waals surface area (Å²) in [6.45, 7) is 17.9. The summed E-state index contributed by atoms with van der Waals surface area (Å²) in [5, 5.41) is 0.859. The van der Waals surface area contributed by atoms with E-state index < -0.39 is 14.1 Å². The highest BCUT2D eigenvalue weighted by Crippen LogP contribution is 2.49. The number of allylic oxidation sites excluding steroid dienone is 1. The van der Waals surface area contributed by atoms with Crippen molar-refractivity contribution in [3.63, 3.8) is 0 Å². The van der Waals surface area contributed by atoms with Crippen LogP contribution in [0.4, 0.5) is 4.79 Å². The molecule has 3 aliphatic rings. The van der Waals surface area contributed by atoms with Gasteiger partial charge in [0.25, 0.3) is 0 Å². The van der Waals surface area contributed by atoms with Crippen LogP contribution in [0.15, 0.2) is 35.7 Å². The maximum absolute atomic E-state index is 14.2. The number of ether oxygens (including phenoxy) is 1. The fraction of sp³-hybridized carbons (Fsp3) is 0.676. The molecule has 4 rings (SSSR count). The van der Waals surface area contributed by atoms with E-state index in [2.05, 4.69) is 79.7 Å². The van der Waals surface area contributed by atoms with Crippen LogP contribution < -0.4 is 0 Å². The average Bonchev–Trinajstić information content (AvgIpc) is 2.88. The monoisotopic (exact) mass is 565 g/mol. The second-order valence-electron chi connectivity index (χ2n) is 13.8. The third kappa shape index (κ3) is 5.49. The molecule has 1 heterocycles. The van der Waals surface area contributed by atoms with Gasteiger partial charge in [0, 0.05) is 30.9 Å². The molecule has 1 aromatic carbocycles. The molecule has 4 atom stereocenters. The molecule has 0 aromatic heterocycles. The van der Waals surface area contributed by atoms with Crippen LogP contribution in [0.3, 0.4) is 0 Å². The number of carbonyl (C=O) groups excluding carboxylic acids is 3. The van der Waals surface area contributed by atoms with E-state index in [0.29, 0.717) is 29.0 Å². The summed E-state index contributed by atoms with van der Waals surface area (Å²) in [7, 11) is -2.31. The van der Waals surface area contributed by atoms with E-state index in [1.54, 1.807) is 4.90 Å². The van der Waals surface area contributed by atoms with Crippen molar-refractivity contribution in [2.75, 3.05) is 0 Å². The molecule has 2 saturated carbocycles. The third-order valence-electron chi connectivity index (χ3n) is 10.4. The first-order chi connectivity index (χ1) is 18.9. The average molecular weight is 566 g/mol. The number of Topliss-reactive ketones (excluding diaryl/α,β-unsaturated/α-hetero) is 2. The van der Waals surface area contributed by atoms with Crippen molar-refractivity contribution in [3.8, 4) is 0 Å². The van der Waals surface area contributed by atoms with Gasteiger partial charge in [-0.2, -0.15) is 0 Å². The summed E-state index contributed by atoms with van der Waals surface area (Å²) in [6, 6.07) is 8.15. The van der Waals surface area contributed by atoms with Gasteiger partial charge in [-0.3, -0.25) is 14.5 Å². The van der Waals surface area contributed by atoms with Crippen LogP contribution >= 0.6 is 0 Å². The molecule has 1 aliphatic heterocycles. The molecule has 1 aromatic rings. The number of carbonyl (C=O) groups is 3. The molecule has 0 spiro atoms. The summed E-state index contributed by atoms with van der Waals surface area (Å²) in [4.78, 5) is 42.4. The van der Waals surface area contributed by atoms with Gasteiger partial charge < -0.3 is 4.74 Å². The van der Waals surface area contributed by atoms with Crippen molar-refractivity contribution in [2.45, 2.75) is 141 Å². The number of hydrogen-bond acceptors (Lipinski definition) is 4. The summed E-state index contributed by atoms with van der Waals surface area (Å²) >= 11 is 0. The molecule has 6 heteroatoms. The molecule has 0 saturated heterocycles. The standard InChI is InChI=1S/C34H51NO4Si/c1-21(2)25-13-9-10-14-26(25)27-15-11-12-16-32(27)39-34(38)35-20-33(40(22(3)4,23(5)6)24(7)8)31(37)19-29(35)28-17-18-30(28)36/h9-10,13-14,20-24,27-29,32H,11-12,15-19H2,1-8H3/t27-,28-,29-,32+/m0/s1. The molecule has 0 radical (unpaired) electrons. The predicted molar refractivity (Wildman–Crippen MR) is 164 cm³/mol. The molecule has 1 amide bonds. The highest BCUT2D eigenvalue weighted by atomic mass is 28.3. The van der Waals surface area contributed by atoms with Crippen molar-refractivity contribution >= 4 is 25.7 Å². The third-order valence-corrected chi connectivity index (χ3v) is 17.5. The van der Waals surface area contributed by atoms with Crippen LogP contribution in [0, 0.1) is 5.92 Å². The lowest BCUT2D eigenvalue weighted by atomic mass is 9.75. The first-order valence-corrected chi connectivity index (χ1v) is 18.0. The molecule has 5 nitrogen and oxygen atoms in total. The fourth-order valence-corrected chi connectivity index (χ4v) is 15.3. The first kappa shape index (κ1) is 30.7. The molecule has 2 aliphatic carbocycles. The predicted octanol–water partition coefficient (Wildman–Crippen LogP) is 8.70. The van der Waals surface area contributed by atoms with Gasteiger partial charge in [-0.25, -0.2) is 4.79 Å². The topological polar surface area (TPSA) is 63.7 Å². The van der Waals surface area contributed by atoms with Crippen molar-refractivity contribution in [1.29, 1.82) is 0 Å².